The van der Waals surface area contributed by atoms with Gasteiger partial charge in [-0.1, -0.05) is 78.9 Å². The fraction of sp³-hybridized carbons (Fsp3) is 0.424. The molecule has 4 rings (SSSR count). The second kappa shape index (κ2) is 17.7. The fourth-order valence-corrected chi connectivity index (χ4v) is 4.70. The number of piperidine rings is 2. The highest BCUT2D eigenvalue weighted by Gasteiger charge is 2.23. The van der Waals surface area contributed by atoms with Crippen molar-refractivity contribution < 1.29 is 29.0 Å². The van der Waals surface area contributed by atoms with Crippen LogP contribution in [0.1, 0.15) is 43.7 Å². The average molecular weight is 563 g/mol. The molecule has 2 aromatic rings. The van der Waals surface area contributed by atoms with E-state index in [2.05, 4.69) is 0 Å². The molecule has 8 heteroatoms. The van der Waals surface area contributed by atoms with E-state index in [-0.39, 0.29) is 24.6 Å². The molecule has 1 N–H and O–H groups in total. The van der Waals surface area contributed by atoms with Gasteiger partial charge in [0.2, 0.25) is 0 Å². The number of allylic oxidation sites excluding steroid dienone is 3. The van der Waals surface area contributed by atoms with E-state index < -0.39 is 0 Å². The van der Waals surface area contributed by atoms with Gasteiger partial charge in [0.1, 0.15) is 13.2 Å². The Morgan fingerprint density at radius 2 is 1.15 bits per heavy atom. The van der Waals surface area contributed by atoms with E-state index in [1.807, 2.05) is 72.8 Å². The number of ether oxygens (including phenoxy) is 2. The molecular weight excluding hydrogens is 520 g/mol. The zero-order valence-electron chi connectivity index (χ0n) is 23.9. The van der Waals surface area contributed by atoms with Gasteiger partial charge in [0.05, 0.1) is 6.61 Å². The van der Waals surface area contributed by atoms with Crippen molar-refractivity contribution in [2.75, 3.05) is 32.8 Å². The summed E-state index contributed by atoms with van der Waals surface area (Å²) in [5.41, 5.74) is 1.99. The quantitative estimate of drug-likeness (QED) is 0.324. The largest absolute Gasteiger partial charge is 0.445 e. The van der Waals surface area contributed by atoms with Crippen molar-refractivity contribution in [2.24, 2.45) is 11.8 Å². The Bertz CT molecular complexity index is 1120. The number of hydrogen-bond acceptors (Lipinski definition) is 6. The second-order valence-electron chi connectivity index (χ2n) is 10.3. The molecule has 2 saturated heterocycles. The average Bonchev–Trinajstić information content (AvgIpc) is 3.02. The van der Waals surface area contributed by atoms with E-state index >= 15 is 0 Å². The molecule has 0 bridgehead atoms. The van der Waals surface area contributed by atoms with Gasteiger partial charge in [-0.25, -0.2) is 9.59 Å². The summed E-state index contributed by atoms with van der Waals surface area (Å²) in [5.74, 6) is 0.909. The van der Waals surface area contributed by atoms with Crippen LogP contribution < -0.4 is 0 Å². The number of likely N-dealkylation sites (tertiary alicyclic amines) is 2. The molecular formula is C33H42N2O6. The van der Waals surface area contributed by atoms with Crippen LogP contribution in [0.25, 0.3) is 0 Å². The number of amides is 2. The smallest absolute Gasteiger partial charge is 0.410 e. The van der Waals surface area contributed by atoms with Crippen LogP contribution in [-0.2, 0) is 27.5 Å². The van der Waals surface area contributed by atoms with Crippen molar-refractivity contribution in [3.05, 3.63) is 96.1 Å². The monoisotopic (exact) mass is 562 g/mol. The first-order valence-electron chi connectivity index (χ1n) is 14.3. The molecule has 8 nitrogen and oxygen atoms in total. The molecule has 0 atom stereocenters. The lowest BCUT2D eigenvalue weighted by Crippen LogP contribution is -2.38. The van der Waals surface area contributed by atoms with Crippen LogP contribution in [0, 0.1) is 11.8 Å². The molecule has 0 radical (unpaired) electrons. The number of ketones is 1. The minimum atomic E-state index is -0.257. The van der Waals surface area contributed by atoms with Crippen molar-refractivity contribution in [1.29, 1.82) is 0 Å². The Balaban J connectivity index is 0.000000226. The molecule has 220 valence electrons. The third-order valence-corrected chi connectivity index (χ3v) is 7.12. The Morgan fingerprint density at radius 1 is 0.732 bits per heavy atom. The summed E-state index contributed by atoms with van der Waals surface area (Å²) in [4.78, 5) is 38.3. The van der Waals surface area contributed by atoms with Gasteiger partial charge in [0, 0.05) is 26.2 Å². The molecule has 0 aromatic heterocycles. The molecule has 0 saturated carbocycles. The van der Waals surface area contributed by atoms with Crippen molar-refractivity contribution in [2.45, 2.75) is 45.8 Å². The van der Waals surface area contributed by atoms with Gasteiger partial charge >= 0.3 is 12.2 Å². The molecule has 2 heterocycles. The van der Waals surface area contributed by atoms with Gasteiger partial charge in [0.25, 0.3) is 0 Å². The highest BCUT2D eigenvalue weighted by Crippen LogP contribution is 2.20. The van der Waals surface area contributed by atoms with Crippen LogP contribution in [-0.4, -0.2) is 65.7 Å². The lowest BCUT2D eigenvalue weighted by Gasteiger charge is -2.29. The van der Waals surface area contributed by atoms with Crippen LogP contribution in [0.2, 0.25) is 0 Å². The number of benzene rings is 2. The van der Waals surface area contributed by atoms with Gasteiger partial charge in [-0.2, -0.15) is 0 Å². The normalized spacial score (nSPS) is 16.3. The van der Waals surface area contributed by atoms with Crippen LogP contribution in [0.4, 0.5) is 9.59 Å². The lowest BCUT2D eigenvalue weighted by atomic mass is 9.96. The van der Waals surface area contributed by atoms with E-state index in [1.54, 1.807) is 28.9 Å². The number of aliphatic hydroxyl groups is 1. The summed E-state index contributed by atoms with van der Waals surface area (Å²) in [6.45, 7) is 5.06. The van der Waals surface area contributed by atoms with Gasteiger partial charge in [-0.3, -0.25) is 4.79 Å². The fourth-order valence-electron chi connectivity index (χ4n) is 4.70. The van der Waals surface area contributed by atoms with E-state index in [0.29, 0.717) is 51.2 Å². The highest BCUT2D eigenvalue weighted by molar-refractivity contribution is 5.87. The van der Waals surface area contributed by atoms with Crippen LogP contribution in [0.5, 0.6) is 0 Å². The predicted molar refractivity (Wildman–Crippen MR) is 158 cm³/mol. The molecule has 2 aliphatic rings. The zero-order chi connectivity index (χ0) is 29.3. The molecule has 0 spiro atoms. The summed E-state index contributed by atoms with van der Waals surface area (Å²) >= 11 is 0. The minimum Gasteiger partial charge on any atom is -0.445 e. The van der Waals surface area contributed by atoms with Gasteiger partial charge in [-0.15, -0.1) is 0 Å². The summed E-state index contributed by atoms with van der Waals surface area (Å²) in [7, 11) is 0. The summed E-state index contributed by atoms with van der Waals surface area (Å²) in [6.07, 6.45) is 10.5. The van der Waals surface area contributed by atoms with Gasteiger partial charge in [0.15, 0.2) is 5.78 Å². The Morgan fingerprint density at radius 3 is 1.54 bits per heavy atom. The Hall–Kier alpha value is -3.91. The van der Waals surface area contributed by atoms with Crippen LogP contribution in [0.3, 0.4) is 0 Å². The van der Waals surface area contributed by atoms with E-state index in [1.165, 1.54) is 0 Å². The predicted octanol–water partition coefficient (Wildman–Crippen LogP) is 5.76. The first-order chi connectivity index (χ1) is 19.9. The number of nitrogens with zero attached hydrogens (tertiary/aromatic N) is 2. The van der Waals surface area contributed by atoms with Crippen LogP contribution >= 0.6 is 0 Å². The molecule has 41 heavy (non-hydrogen) atoms. The Kier molecular flexibility index (Phi) is 13.7. The van der Waals surface area contributed by atoms with E-state index in [0.717, 1.165) is 36.8 Å². The van der Waals surface area contributed by atoms with Crippen molar-refractivity contribution >= 4 is 18.0 Å². The summed E-state index contributed by atoms with van der Waals surface area (Å²) in [5, 5.41) is 8.74. The number of rotatable bonds is 8. The maximum atomic E-state index is 12.0. The highest BCUT2D eigenvalue weighted by atomic mass is 16.6. The first-order valence-corrected chi connectivity index (χ1v) is 14.3. The molecule has 2 aliphatic heterocycles. The SMILES string of the molecule is CC(=O)/C=C/C1CCN(C(=O)OCc2ccccc2)CC1.O=C(OCc1ccccc1)N1CCC(/C=C/CO)CC1. The molecule has 2 aromatic carbocycles. The summed E-state index contributed by atoms with van der Waals surface area (Å²) < 4.78 is 10.6. The van der Waals surface area contributed by atoms with Crippen LogP contribution in [0.15, 0.2) is 85.0 Å². The van der Waals surface area contributed by atoms with Crippen molar-refractivity contribution in [3.8, 4) is 0 Å². The topological polar surface area (TPSA) is 96.4 Å². The molecule has 2 amide bonds. The van der Waals surface area contributed by atoms with E-state index in [4.69, 9.17) is 14.6 Å². The molecule has 0 unspecified atom stereocenters. The third kappa shape index (κ3) is 12.0. The number of hydrogen-bond donors (Lipinski definition) is 1. The summed E-state index contributed by atoms with van der Waals surface area (Å²) in [6, 6.07) is 19.4. The number of carbonyl (C=O) groups excluding carboxylic acids is 3. The minimum absolute atomic E-state index is 0.0692. The van der Waals surface area contributed by atoms with Gasteiger partial charge < -0.3 is 24.4 Å². The second-order valence-corrected chi connectivity index (χ2v) is 10.3. The van der Waals surface area contributed by atoms with Crippen molar-refractivity contribution in [1.82, 2.24) is 9.80 Å². The first kappa shape index (κ1) is 31.6. The lowest BCUT2D eigenvalue weighted by molar-refractivity contribution is -0.112. The Labute approximate surface area is 243 Å². The standard InChI is InChI=1S/C17H21NO3.C16H21NO3/c1-14(19)7-8-15-9-11-18(12-10-15)17(20)21-13-16-5-3-2-4-6-16;18-12-4-7-14-8-10-17(11-9-14)16(19)20-13-15-5-2-1-3-6-15/h2-8,15H,9-13H2,1H3;1-7,14,18H,8-13H2/b8-7+;7-4+. The van der Waals surface area contributed by atoms with E-state index in [9.17, 15) is 14.4 Å². The number of aliphatic hydroxyl groups excluding tert-OH is 1. The van der Waals surface area contributed by atoms with Crippen molar-refractivity contribution in [3.63, 3.8) is 0 Å². The zero-order valence-corrected chi connectivity index (χ0v) is 23.9. The maximum absolute atomic E-state index is 12.0. The molecule has 0 aliphatic carbocycles. The third-order valence-electron chi connectivity index (χ3n) is 7.12. The molecule has 2 fully saturated rings. The number of carbonyl (C=O) groups is 3. The van der Waals surface area contributed by atoms with Gasteiger partial charge in [-0.05, 0) is 61.6 Å². The maximum Gasteiger partial charge on any atom is 0.410 e.